The van der Waals surface area contributed by atoms with Gasteiger partial charge < -0.3 is 10.6 Å². The van der Waals surface area contributed by atoms with Crippen molar-refractivity contribution in [3.63, 3.8) is 0 Å². The second-order valence-corrected chi connectivity index (χ2v) is 7.28. The molecule has 1 aromatic carbocycles. The van der Waals surface area contributed by atoms with Crippen LogP contribution in [0.25, 0.3) is 0 Å². The summed E-state index contributed by atoms with van der Waals surface area (Å²) in [6, 6.07) is 5.29. The highest BCUT2D eigenvalue weighted by Crippen LogP contribution is 2.29. The first-order valence-electron chi connectivity index (χ1n) is 7.43. The molecule has 0 saturated heterocycles. The minimum atomic E-state index is -3.53. The SMILES string of the molecule is CCCCCN(c1ccc(N)cc1S(=O)(=O)NC)C(C)C. The number of hydrogen-bond donors (Lipinski definition) is 2. The van der Waals surface area contributed by atoms with Crippen LogP contribution in [0, 0.1) is 0 Å². The zero-order valence-corrected chi connectivity index (χ0v) is 14.2. The molecule has 0 atom stereocenters. The Morgan fingerprint density at radius 1 is 1.29 bits per heavy atom. The van der Waals surface area contributed by atoms with Crippen molar-refractivity contribution >= 4 is 21.4 Å². The van der Waals surface area contributed by atoms with Crippen LogP contribution in [0.3, 0.4) is 0 Å². The van der Waals surface area contributed by atoms with Gasteiger partial charge in [-0.25, -0.2) is 13.1 Å². The molecule has 0 bridgehead atoms. The van der Waals surface area contributed by atoms with Gasteiger partial charge >= 0.3 is 0 Å². The van der Waals surface area contributed by atoms with E-state index in [0.29, 0.717) is 11.4 Å². The fourth-order valence-corrected chi connectivity index (χ4v) is 3.25. The van der Waals surface area contributed by atoms with Gasteiger partial charge in [0.05, 0.1) is 5.69 Å². The zero-order chi connectivity index (χ0) is 16.0. The zero-order valence-electron chi connectivity index (χ0n) is 13.4. The van der Waals surface area contributed by atoms with E-state index >= 15 is 0 Å². The number of nitrogen functional groups attached to an aromatic ring is 1. The lowest BCUT2D eigenvalue weighted by atomic mass is 10.2. The molecule has 0 saturated carbocycles. The van der Waals surface area contributed by atoms with Crippen LogP contribution in [0.4, 0.5) is 11.4 Å². The Balaban J connectivity index is 3.25. The van der Waals surface area contributed by atoms with Crippen LogP contribution >= 0.6 is 0 Å². The maximum atomic E-state index is 12.2. The molecule has 0 amide bonds. The minimum Gasteiger partial charge on any atom is -0.399 e. The Bertz CT molecular complexity index is 556. The summed E-state index contributed by atoms with van der Waals surface area (Å²) in [5.41, 5.74) is 6.93. The van der Waals surface area contributed by atoms with Crippen molar-refractivity contribution in [2.75, 3.05) is 24.2 Å². The number of nitrogens with one attached hydrogen (secondary N) is 1. The third-order valence-corrected chi connectivity index (χ3v) is 4.92. The molecule has 0 heterocycles. The molecule has 6 heteroatoms. The van der Waals surface area contributed by atoms with Crippen molar-refractivity contribution in [1.29, 1.82) is 0 Å². The van der Waals surface area contributed by atoms with Gasteiger partial charge in [0.2, 0.25) is 10.0 Å². The maximum Gasteiger partial charge on any atom is 0.242 e. The van der Waals surface area contributed by atoms with Crippen molar-refractivity contribution in [3.8, 4) is 0 Å². The number of nitrogens with zero attached hydrogens (tertiary/aromatic N) is 1. The standard InChI is InChI=1S/C15H27N3O2S/c1-5-6-7-10-18(12(2)3)14-9-8-13(16)11-15(14)21(19,20)17-4/h8-9,11-12,17H,5-7,10,16H2,1-4H3. The largest absolute Gasteiger partial charge is 0.399 e. The molecule has 0 aliphatic carbocycles. The lowest BCUT2D eigenvalue weighted by Gasteiger charge is -2.31. The van der Waals surface area contributed by atoms with Crippen LogP contribution in [0.5, 0.6) is 0 Å². The molecule has 0 aromatic heterocycles. The quantitative estimate of drug-likeness (QED) is 0.571. The lowest BCUT2D eigenvalue weighted by Crippen LogP contribution is -2.34. The van der Waals surface area contributed by atoms with Gasteiger partial charge in [-0.3, -0.25) is 0 Å². The average Bonchev–Trinajstić information content (AvgIpc) is 2.44. The topological polar surface area (TPSA) is 75.4 Å². The number of sulfonamides is 1. The number of unbranched alkanes of at least 4 members (excludes halogenated alkanes) is 2. The van der Waals surface area contributed by atoms with E-state index in [2.05, 4.69) is 30.4 Å². The molecule has 1 rings (SSSR count). The van der Waals surface area contributed by atoms with Crippen LogP contribution in [0.15, 0.2) is 23.1 Å². The fraction of sp³-hybridized carbons (Fsp3) is 0.600. The Morgan fingerprint density at radius 3 is 2.48 bits per heavy atom. The van der Waals surface area contributed by atoms with Crippen LogP contribution < -0.4 is 15.4 Å². The molecule has 0 radical (unpaired) electrons. The highest BCUT2D eigenvalue weighted by molar-refractivity contribution is 7.89. The highest BCUT2D eigenvalue weighted by Gasteiger charge is 2.22. The van der Waals surface area contributed by atoms with E-state index in [-0.39, 0.29) is 10.9 Å². The Labute approximate surface area is 128 Å². The molecule has 0 spiro atoms. The minimum absolute atomic E-state index is 0.219. The third kappa shape index (κ3) is 4.61. The van der Waals surface area contributed by atoms with E-state index in [9.17, 15) is 8.42 Å². The lowest BCUT2D eigenvalue weighted by molar-refractivity contribution is 0.584. The van der Waals surface area contributed by atoms with Gasteiger partial charge in [-0.15, -0.1) is 0 Å². The van der Waals surface area contributed by atoms with E-state index in [1.165, 1.54) is 13.1 Å². The summed E-state index contributed by atoms with van der Waals surface area (Å²) in [4.78, 5) is 2.37. The molecular formula is C15H27N3O2S. The molecule has 3 N–H and O–H groups in total. The smallest absolute Gasteiger partial charge is 0.242 e. The van der Waals surface area contributed by atoms with Crippen LogP contribution in [0.1, 0.15) is 40.0 Å². The predicted octanol–water partition coefficient (Wildman–Crippen LogP) is 2.58. The van der Waals surface area contributed by atoms with Crippen molar-refractivity contribution in [2.24, 2.45) is 0 Å². The van der Waals surface area contributed by atoms with Gasteiger partial charge in [0.25, 0.3) is 0 Å². The van der Waals surface area contributed by atoms with Gasteiger partial charge in [0.15, 0.2) is 0 Å². The average molecular weight is 313 g/mol. The first-order chi connectivity index (χ1) is 9.83. The maximum absolute atomic E-state index is 12.2. The van der Waals surface area contributed by atoms with Crippen LogP contribution in [-0.4, -0.2) is 28.1 Å². The molecule has 0 aliphatic rings. The summed E-state index contributed by atoms with van der Waals surface area (Å²) in [6.45, 7) is 7.12. The number of anilines is 2. The van der Waals surface area contributed by atoms with E-state index < -0.39 is 10.0 Å². The summed E-state index contributed by atoms with van der Waals surface area (Å²) in [5, 5.41) is 0. The van der Waals surface area contributed by atoms with Gasteiger partial charge in [-0.1, -0.05) is 19.8 Å². The number of rotatable bonds is 8. The summed E-state index contributed by atoms with van der Waals surface area (Å²) in [7, 11) is -2.12. The predicted molar refractivity (Wildman–Crippen MR) is 89.1 cm³/mol. The van der Waals surface area contributed by atoms with E-state index in [4.69, 9.17) is 5.73 Å². The first kappa shape index (κ1) is 17.8. The number of benzene rings is 1. The second kappa shape index (κ2) is 7.66. The fourth-order valence-electron chi connectivity index (χ4n) is 2.28. The Hall–Kier alpha value is -1.27. The number of nitrogens with two attached hydrogens (primary N) is 1. The number of hydrogen-bond acceptors (Lipinski definition) is 4. The Kier molecular flexibility index (Phi) is 6.48. The van der Waals surface area contributed by atoms with Crippen molar-refractivity contribution in [1.82, 2.24) is 4.72 Å². The summed E-state index contributed by atoms with van der Waals surface area (Å²) < 4.78 is 26.9. The molecule has 0 aliphatic heterocycles. The third-order valence-electron chi connectivity index (χ3n) is 3.48. The first-order valence-corrected chi connectivity index (χ1v) is 8.91. The van der Waals surface area contributed by atoms with Crippen molar-refractivity contribution in [3.05, 3.63) is 18.2 Å². The molecular weight excluding hydrogens is 286 g/mol. The molecule has 1 aromatic rings. The highest BCUT2D eigenvalue weighted by atomic mass is 32.2. The second-order valence-electron chi connectivity index (χ2n) is 5.43. The molecule has 5 nitrogen and oxygen atoms in total. The summed E-state index contributed by atoms with van der Waals surface area (Å²) in [6.07, 6.45) is 3.31. The van der Waals surface area contributed by atoms with Gasteiger partial charge in [-0.2, -0.15) is 0 Å². The van der Waals surface area contributed by atoms with E-state index in [0.717, 1.165) is 25.8 Å². The molecule has 120 valence electrons. The monoisotopic (exact) mass is 313 g/mol. The molecule has 21 heavy (non-hydrogen) atoms. The Morgan fingerprint density at radius 2 is 1.95 bits per heavy atom. The van der Waals surface area contributed by atoms with Crippen molar-refractivity contribution < 1.29 is 8.42 Å². The molecule has 0 unspecified atom stereocenters. The normalized spacial score (nSPS) is 11.9. The molecule has 0 fully saturated rings. The van der Waals surface area contributed by atoms with E-state index in [1.807, 2.05) is 0 Å². The summed E-state index contributed by atoms with van der Waals surface area (Å²) in [5.74, 6) is 0. The van der Waals surface area contributed by atoms with Crippen molar-refractivity contribution in [2.45, 2.75) is 51.0 Å². The summed E-state index contributed by atoms with van der Waals surface area (Å²) >= 11 is 0. The van der Waals surface area contributed by atoms with Gasteiger partial charge in [0.1, 0.15) is 4.90 Å². The van der Waals surface area contributed by atoms with Crippen LogP contribution in [0.2, 0.25) is 0 Å². The van der Waals surface area contributed by atoms with Gasteiger partial charge in [-0.05, 0) is 45.5 Å². The van der Waals surface area contributed by atoms with Gasteiger partial charge in [0, 0.05) is 18.3 Å². The van der Waals surface area contributed by atoms with Crippen LogP contribution in [-0.2, 0) is 10.0 Å². The van der Waals surface area contributed by atoms with E-state index in [1.54, 1.807) is 12.1 Å².